The number of benzene rings is 2. The minimum Gasteiger partial charge on any atom is -0.398 e. The van der Waals surface area contributed by atoms with Crippen molar-refractivity contribution in [2.75, 3.05) is 12.8 Å². The summed E-state index contributed by atoms with van der Waals surface area (Å²) in [5.41, 5.74) is 11.9. The van der Waals surface area contributed by atoms with Crippen molar-refractivity contribution in [2.24, 2.45) is 0 Å². The highest BCUT2D eigenvalue weighted by molar-refractivity contribution is 5.84. The van der Waals surface area contributed by atoms with Gasteiger partial charge >= 0.3 is 0 Å². The van der Waals surface area contributed by atoms with Crippen molar-refractivity contribution in [2.45, 2.75) is 6.54 Å². The molecule has 2 aromatic rings. The first-order valence-corrected chi connectivity index (χ1v) is 6.11. The smallest absolute Gasteiger partial charge is 0.0447 e. The molecule has 2 heteroatoms. The molecule has 1 aliphatic rings. The summed E-state index contributed by atoms with van der Waals surface area (Å²) >= 11 is 0. The van der Waals surface area contributed by atoms with Gasteiger partial charge in [-0.2, -0.15) is 0 Å². The van der Waals surface area contributed by atoms with E-state index in [1.165, 1.54) is 22.3 Å². The predicted molar refractivity (Wildman–Crippen MR) is 75.8 cm³/mol. The van der Waals surface area contributed by atoms with Crippen LogP contribution in [0, 0.1) is 0 Å². The van der Waals surface area contributed by atoms with Crippen LogP contribution in [0.25, 0.3) is 5.57 Å². The molecule has 1 aliphatic heterocycles. The fourth-order valence-electron chi connectivity index (χ4n) is 2.47. The van der Waals surface area contributed by atoms with Crippen LogP contribution in [-0.2, 0) is 6.54 Å². The van der Waals surface area contributed by atoms with Gasteiger partial charge in [0, 0.05) is 36.6 Å². The second-order valence-electron chi connectivity index (χ2n) is 4.70. The molecule has 1 heterocycles. The first-order chi connectivity index (χ1) is 8.75. The molecule has 0 atom stereocenters. The largest absolute Gasteiger partial charge is 0.398 e. The lowest BCUT2D eigenvalue weighted by atomic mass is 9.91. The summed E-state index contributed by atoms with van der Waals surface area (Å²) < 4.78 is 0. The molecular weight excluding hydrogens is 220 g/mol. The number of nitrogen functional groups attached to an aromatic ring is 1. The van der Waals surface area contributed by atoms with Gasteiger partial charge in [-0.3, -0.25) is 0 Å². The minimum atomic E-state index is 0.873. The number of hydrogen-bond acceptors (Lipinski definition) is 2. The third kappa shape index (κ3) is 1.76. The molecule has 2 N–H and O–H groups in total. The number of hydrogen-bond donors (Lipinski definition) is 1. The van der Waals surface area contributed by atoms with Gasteiger partial charge in [0.2, 0.25) is 0 Å². The van der Waals surface area contributed by atoms with Crippen LogP contribution in [0.3, 0.4) is 0 Å². The molecule has 2 aromatic carbocycles. The maximum absolute atomic E-state index is 6.09. The van der Waals surface area contributed by atoms with E-state index in [1.807, 2.05) is 18.2 Å². The van der Waals surface area contributed by atoms with Crippen LogP contribution in [0.1, 0.15) is 16.7 Å². The van der Waals surface area contributed by atoms with E-state index in [0.717, 1.165) is 12.2 Å². The van der Waals surface area contributed by atoms with Crippen LogP contribution in [0.5, 0.6) is 0 Å². The Labute approximate surface area is 107 Å². The SMILES string of the molecule is CN1C=C(c2ccccc2)c2cccc(N)c2C1. The Kier molecular flexibility index (Phi) is 2.56. The van der Waals surface area contributed by atoms with Crippen molar-refractivity contribution < 1.29 is 0 Å². The molecule has 0 radical (unpaired) electrons. The molecular formula is C16H16N2. The summed E-state index contributed by atoms with van der Waals surface area (Å²) in [6, 6.07) is 16.6. The van der Waals surface area contributed by atoms with Crippen molar-refractivity contribution in [3.05, 3.63) is 71.4 Å². The zero-order valence-corrected chi connectivity index (χ0v) is 10.4. The molecule has 0 saturated heterocycles. The third-order valence-corrected chi connectivity index (χ3v) is 3.34. The first-order valence-electron chi connectivity index (χ1n) is 6.11. The highest BCUT2D eigenvalue weighted by atomic mass is 15.1. The van der Waals surface area contributed by atoms with Crippen molar-refractivity contribution in [3.63, 3.8) is 0 Å². The second-order valence-corrected chi connectivity index (χ2v) is 4.70. The normalized spacial score (nSPS) is 14.1. The summed E-state index contributed by atoms with van der Waals surface area (Å²) in [7, 11) is 2.08. The second kappa shape index (κ2) is 4.22. The molecule has 0 spiro atoms. The van der Waals surface area contributed by atoms with E-state index in [-0.39, 0.29) is 0 Å². The summed E-state index contributed by atoms with van der Waals surface area (Å²) in [6.07, 6.45) is 2.19. The van der Waals surface area contributed by atoms with Crippen LogP contribution < -0.4 is 5.73 Å². The van der Waals surface area contributed by atoms with E-state index in [9.17, 15) is 0 Å². The van der Waals surface area contributed by atoms with Crippen molar-refractivity contribution in [1.29, 1.82) is 0 Å². The van der Waals surface area contributed by atoms with Gasteiger partial charge < -0.3 is 10.6 Å². The summed E-state index contributed by atoms with van der Waals surface area (Å²) in [5, 5.41) is 0. The lowest BCUT2D eigenvalue weighted by Crippen LogP contribution is -2.18. The van der Waals surface area contributed by atoms with E-state index < -0.39 is 0 Å². The Hall–Kier alpha value is -2.22. The molecule has 0 aliphatic carbocycles. The van der Waals surface area contributed by atoms with Crippen molar-refractivity contribution in [1.82, 2.24) is 4.90 Å². The minimum absolute atomic E-state index is 0.873. The van der Waals surface area contributed by atoms with E-state index in [1.54, 1.807) is 0 Å². The Morgan fingerprint density at radius 3 is 2.56 bits per heavy atom. The lowest BCUT2D eigenvalue weighted by Gasteiger charge is -2.27. The van der Waals surface area contributed by atoms with Gasteiger partial charge in [0.15, 0.2) is 0 Å². The van der Waals surface area contributed by atoms with Gasteiger partial charge in [-0.25, -0.2) is 0 Å². The number of nitrogens with two attached hydrogens (primary N) is 1. The fourth-order valence-corrected chi connectivity index (χ4v) is 2.47. The van der Waals surface area contributed by atoms with Gasteiger partial charge in [-0.15, -0.1) is 0 Å². The van der Waals surface area contributed by atoms with Gasteiger partial charge in [0.1, 0.15) is 0 Å². The van der Waals surface area contributed by atoms with E-state index in [4.69, 9.17) is 5.73 Å². The van der Waals surface area contributed by atoms with Crippen LogP contribution >= 0.6 is 0 Å². The molecule has 2 nitrogen and oxygen atoms in total. The fraction of sp³-hybridized carbons (Fsp3) is 0.125. The average molecular weight is 236 g/mol. The molecule has 0 saturated carbocycles. The van der Waals surface area contributed by atoms with Gasteiger partial charge in [0.05, 0.1) is 0 Å². The monoisotopic (exact) mass is 236 g/mol. The average Bonchev–Trinajstić information content (AvgIpc) is 2.40. The zero-order valence-electron chi connectivity index (χ0n) is 10.4. The van der Waals surface area contributed by atoms with Gasteiger partial charge in [-0.05, 0) is 17.2 Å². The number of nitrogens with zero attached hydrogens (tertiary/aromatic N) is 1. The summed E-state index contributed by atoms with van der Waals surface area (Å²) in [6.45, 7) is 0.873. The highest BCUT2D eigenvalue weighted by Crippen LogP contribution is 2.33. The number of fused-ring (bicyclic) bond motifs is 1. The molecule has 0 amide bonds. The quantitative estimate of drug-likeness (QED) is 0.771. The Bertz CT molecular complexity index is 600. The molecule has 0 unspecified atom stereocenters. The van der Waals surface area contributed by atoms with E-state index in [0.29, 0.717) is 0 Å². The van der Waals surface area contributed by atoms with Gasteiger partial charge in [-0.1, -0.05) is 42.5 Å². The maximum Gasteiger partial charge on any atom is 0.0447 e. The van der Waals surface area contributed by atoms with E-state index >= 15 is 0 Å². The third-order valence-electron chi connectivity index (χ3n) is 3.34. The van der Waals surface area contributed by atoms with Crippen LogP contribution in [0.2, 0.25) is 0 Å². The van der Waals surface area contributed by atoms with Crippen LogP contribution in [0.4, 0.5) is 5.69 Å². The standard InChI is InChI=1S/C16H16N2/c1-18-10-14(12-6-3-2-4-7-12)13-8-5-9-16(17)15(13)11-18/h2-10H,11,17H2,1H3. The zero-order chi connectivity index (χ0) is 12.5. The molecule has 0 fully saturated rings. The molecule has 0 aromatic heterocycles. The highest BCUT2D eigenvalue weighted by Gasteiger charge is 2.18. The number of rotatable bonds is 1. The van der Waals surface area contributed by atoms with E-state index in [2.05, 4.69) is 48.5 Å². The van der Waals surface area contributed by atoms with Crippen LogP contribution in [0.15, 0.2) is 54.7 Å². The topological polar surface area (TPSA) is 29.3 Å². The Morgan fingerprint density at radius 2 is 1.78 bits per heavy atom. The molecule has 0 bridgehead atoms. The maximum atomic E-state index is 6.09. The Morgan fingerprint density at radius 1 is 1.00 bits per heavy atom. The van der Waals surface area contributed by atoms with Gasteiger partial charge in [0.25, 0.3) is 0 Å². The lowest BCUT2D eigenvalue weighted by molar-refractivity contribution is 0.446. The molecule has 18 heavy (non-hydrogen) atoms. The summed E-state index contributed by atoms with van der Waals surface area (Å²) in [5.74, 6) is 0. The molecule has 3 rings (SSSR count). The molecule has 90 valence electrons. The van der Waals surface area contributed by atoms with Crippen molar-refractivity contribution >= 4 is 11.3 Å². The Balaban J connectivity index is 2.19. The first kappa shape index (κ1) is 10.9. The summed E-state index contributed by atoms with van der Waals surface area (Å²) in [4.78, 5) is 2.18. The predicted octanol–water partition coefficient (Wildman–Crippen LogP) is 3.10. The van der Waals surface area contributed by atoms with Crippen molar-refractivity contribution in [3.8, 4) is 0 Å². The van der Waals surface area contributed by atoms with Crippen LogP contribution in [-0.4, -0.2) is 11.9 Å². The number of anilines is 1.